The minimum absolute atomic E-state index is 0.495. The minimum atomic E-state index is 0.495. The highest BCUT2D eigenvalue weighted by Gasteiger charge is 2.39. The fourth-order valence-electron chi connectivity index (χ4n) is 2.17. The van der Waals surface area contributed by atoms with Gasteiger partial charge in [0.05, 0.1) is 0 Å². The lowest BCUT2D eigenvalue weighted by atomic mass is 9.62. The second-order valence-electron chi connectivity index (χ2n) is 5.18. The molecule has 0 atom stereocenters. The van der Waals surface area contributed by atoms with E-state index in [9.17, 15) is 0 Å². The molecule has 0 amide bonds. The molecule has 1 aliphatic rings. The Morgan fingerprint density at radius 3 is 2.17 bits per heavy atom. The van der Waals surface area contributed by atoms with Gasteiger partial charge in [-0.1, -0.05) is 33.6 Å². The van der Waals surface area contributed by atoms with E-state index in [0.717, 1.165) is 5.88 Å². The molecule has 0 N–H and O–H groups in total. The van der Waals surface area contributed by atoms with Crippen molar-refractivity contribution in [2.75, 3.05) is 5.88 Å². The first-order valence-electron chi connectivity index (χ1n) is 5.10. The Hall–Kier alpha value is 0.290. The fourth-order valence-corrected chi connectivity index (χ4v) is 2.54. The van der Waals surface area contributed by atoms with Crippen LogP contribution in [-0.2, 0) is 0 Å². The normalized spacial score (nSPS) is 22.0. The fraction of sp³-hybridized carbons (Fsp3) is 1.00. The van der Waals surface area contributed by atoms with Crippen LogP contribution in [-0.4, -0.2) is 5.88 Å². The van der Waals surface area contributed by atoms with Crippen molar-refractivity contribution < 1.29 is 0 Å². The molecule has 0 nitrogen and oxygen atoms in total. The zero-order chi connectivity index (χ0) is 9.24. The first kappa shape index (κ1) is 10.4. The average molecular weight is 189 g/mol. The Balaban J connectivity index is 2.47. The van der Waals surface area contributed by atoms with E-state index in [-0.39, 0.29) is 0 Å². The standard InChI is InChI=1S/C11H21Cl/c1-4-10(2,3)8-11(9-12)6-5-7-11/h4-9H2,1-3H3. The Kier molecular flexibility index (Phi) is 3.09. The Morgan fingerprint density at radius 2 is 1.92 bits per heavy atom. The van der Waals surface area contributed by atoms with E-state index in [2.05, 4.69) is 20.8 Å². The molecule has 0 bridgehead atoms. The molecule has 0 heterocycles. The Morgan fingerprint density at radius 1 is 1.33 bits per heavy atom. The molecule has 72 valence electrons. The van der Waals surface area contributed by atoms with Crippen LogP contribution in [0, 0.1) is 10.8 Å². The summed E-state index contributed by atoms with van der Waals surface area (Å²) in [6.07, 6.45) is 6.71. The molecule has 1 aliphatic carbocycles. The number of halogens is 1. The van der Waals surface area contributed by atoms with Gasteiger partial charge in [-0.25, -0.2) is 0 Å². The van der Waals surface area contributed by atoms with Crippen LogP contribution in [0.2, 0.25) is 0 Å². The van der Waals surface area contributed by atoms with Crippen molar-refractivity contribution in [2.45, 2.75) is 52.9 Å². The molecule has 1 saturated carbocycles. The molecule has 0 aliphatic heterocycles. The SMILES string of the molecule is CCC(C)(C)CC1(CCl)CCC1. The lowest BCUT2D eigenvalue weighted by Crippen LogP contribution is -2.36. The predicted molar refractivity (Wildman–Crippen MR) is 55.7 cm³/mol. The van der Waals surface area contributed by atoms with Gasteiger partial charge in [0.2, 0.25) is 0 Å². The van der Waals surface area contributed by atoms with Gasteiger partial charge < -0.3 is 0 Å². The maximum Gasteiger partial charge on any atom is 0.0280 e. The highest BCUT2D eigenvalue weighted by atomic mass is 35.5. The molecule has 0 aromatic carbocycles. The van der Waals surface area contributed by atoms with Crippen molar-refractivity contribution in [1.29, 1.82) is 0 Å². The smallest absolute Gasteiger partial charge is 0.0280 e. The van der Waals surface area contributed by atoms with E-state index in [1.54, 1.807) is 0 Å². The third kappa shape index (κ3) is 2.16. The lowest BCUT2D eigenvalue weighted by Gasteiger charge is -2.45. The lowest BCUT2D eigenvalue weighted by molar-refractivity contribution is 0.0852. The van der Waals surface area contributed by atoms with Crippen molar-refractivity contribution in [2.24, 2.45) is 10.8 Å². The number of rotatable bonds is 4. The van der Waals surface area contributed by atoms with E-state index < -0.39 is 0 Å². The summed E-state index contributed by atoms with van der Waals surface area (Å²) in [5.74, 6) is 0.871. The van der Waals surface area contributed by atoms with E-state index in [1.165, 1.54) is 32.1 Å². The van der Waals surface area contributed by atoms with E-state index in [4.69, 9.17) is 11.6 Å². The summed E-state index contributed by atoms with van der Waals surface area (Å²) in [7, 11) is 0. The van der Waals surface area contributed by atoms with Crippen molar-refractivity contribution in [1.82, 2.24) is 0 Å². The van der Waals surface area contributed by atoms with Gasteiger partial charge in [-0.05, 0) is 30.1 Å². The second kappa shape index (κ2) is 3.57. The predicted octanol–water partition coefficient (Wildman–Crippen LogP) is 4.22. The summed E-state index contributed by atoms with van der Waals surface area (Å²) >= 11 is 6.02. The van der Waals surface area contributed by atoms with E-state index in [1.807, 2.05) is 0 Å². The van der Waals surface area contributed by atoms with Gasteiger partial charge >= 0.3 is 0 Å². The van der Waals surface area contributed by atoms with E-state index in [0.29, 0.717) is 10.8 Å². The van der Waals surface area contributed by atoms with Crippen LogP contribution in [0.15, 0.2) is 0 Å². The van der Waals surface area contributed by atoms with Crippen molar-refractivity contribution in [3.8, 4) is 0 Å². The Bertz CT molecular complexity index is 140. The molecule has 0 saturated heterocycles. The van der Waals surface area contributed by atoms with Gasteiger partial charge in [-0.15, -0.1) is 11.6 Å². The molecule has 0 aromatic rings. The van der Waals surface area contributed by atoms with Gasteiger partial charge in [-0.3, -0.25) is 0 Å². The zero-order valence-corrected chi connectivity index (χ0v) is 9.38. The van der Waals surface area contributed by atoms with Crippen molar-refractivity contribution in [3.05, 3.63) is 0 Å². The Labute approximate surface area is 81.7 Å². The monoisotopic (exact) mass is 188 g/mol. The number of hydrogen-bond acceptors (Lipinski definition) is 0. The molecule has 0 radical (unpaired) electrons. The first-order chi connectivity index (χ1) is 5.54. The summed E-state index contributed by atoms with van der Waals surface area (Å²) in [6.45, 7) is 7.00. The molecule has 1 fully saturated rings. The third-order valence-corrected chi connectivity index (χ3v) is 4.08. The average Bonchev–Trinajstić information content (AvgIpc) is 1.97. The number of alkyl halides is 1. The maximum absolute atomic E-state index is 6.02. The molecule has 0 unspecified atom stereocenters. The summed E-state index contributed by atoms with van der Waals surface area (Å²) < 4.78 is 0. The topological polar surface area (TPSA) is 0 Å². The van der Waals surface area contributed by atoms with Crippen LogP contribution in [0.5, 0.6) is 0 Å². The van der Waals surface area contributed by atoms with Gasteiger partial charge in [0.15, 0.2) is 0 Å². The highest BCUT2D eigenvalue weighted by Crippen LogP contribution is 2.50. The summed E-state index contributed by atoms with van der Waals surface area (Å²) in [5, 5.41) is 0. The second-order valence-corrected chi connectivity index (χ2v) is 5.45. The summed E-state index contributed by atoms with van der Waals surface area (Å²) in [4.78, 5) is 0. The van der Waals surface area contributed by atoms with E-state index >= 15 is 0 Å². The van der Waals surface area contributed by atoms with Gasteiger partial charge in [-0.2, -0.15) is 0 Å². The quantitative estimate of drug-likeness (QED) is 0.580. The zero-order valence-electron chi connectivity index (χ0n) is 8.62. The molecule has 0 spiro atoms. The first-order valence-corrected chi connectivity index (χ1v) is 5.63. The van der Waals surface area contributed by atoms with Crippen LogP contribution in [0.25, 0.3) is 0 Å². The molecule has 1 heteroatoms. The molecule has 1 rings (SSSR count). The van der Waals surface area contributed by atoms with Gasteiger partial charge in [0, 0.05) is 5.88 Å². The molecule has 12 heavy (non-hydrogen) atoms. The van der Waals surface area contributed by atoms with Crippen molar-refractivity contribution in [3.63, 3.8) is 0 Å². The summed E-state index contributed by atoms with van der Waals surface area (Å²) in [6, 6.07) is 0. The van der Waals surface area contributed by atoms with Crippen LogP contribution >= 0.6 is 11.6 Å². The number of hydrogen-bond donors (Lipinski definition) is 0. The van der Waals surface area contributed by atoms with Crippen molar-refractivity contribution >= 4 is 11.6 Å². The van der Waals surface area contributed by atoms with Crippen LogP contribution in [0.4, 0.5) is 0 Å². The molecular formula is C11H21Cl. The van der Waals surface area contributed by atoms with Crippen LogP contribution in [0.1, 0.15) is 52.9 Å². The highest BCUT2D eigenvalue weighted by molar-refractivity contribution is 6.18. The van der Waals surface area contributed by atoms with Crippen LogP contribution < -0.4 is 0 Å². The maximum atomic E-state index is 6.02. The van der Waals surface area contributed by atoms with Gasteiger partial charge in [0.25, 0.3) is 0 Å². The minimum Gasteiger partial charge on any atom is -0.126 e. The summed E-state index contributed by atoms with van der Waals surface area (Å²) in [5.41, 5.74) is 1.01. The van der Waals surface area contributed by atoms with Gasteiger partial charge in [0.1, 0.15) is 0 Å². The molecular weight excluding hydrogens is 168 g/mol. The largest absolute Gasteiger partial charge is 0.126 e. The third-order valence-electron chi connectivity index (χ3n) is 3.51. The molecule has 0 aromatic heterocycles. The van der Waals surface area contributed by atoms with Crippen LogP contribution in [0.3, 0.4) is 0 Å².